The number of nitrogens with zero attached hydrogens (tertiary/aromatic N) is 1. The van der Waals surface area contributed by atoms with Crippen LogP contribution in [0.2, 0.25) is 5.02 Å². The highest BCUT2D eigenvalue weighted by atomic mass is 35.5. The fourth-order valence-electron chi connectivity index (χ4n) is 3.12. The Bertz CT molecular complexity index is 794. The lowest BCUT2D eigenvalue weighted by atomic mass is 10.1. The largest absolute Gasteiger partial charge is 0.493 e. The molecule has 0 fully saturated rings. The Hall–Kier alpha value is -1.76. The number of thiophene rings is 1. The van der Waals surface area contributed by atoms with Crippen molar-refractivity contribution in [3.05, 3.63) is 44.6 Å². The summed E-state index contributed by atoms with van der Waals surface area (Å²) in [6.07, 6.45) is 1.96. The van der Waals surface area contributed by atoms with E-state index in [1.807, 2.05) is 18.3 Å². The van der Waals surface area contributed by atoms with E-state index < -0.39 is 0 Å². The molecule has 0 spiro atoms. The van der Waals surface area contributed by atoms with Gasteiger partial charge in [-0.1, -0.05) is 18.5 Å². The first-order valence-corrected chi connectivity index (χ1v) is 10.4. The molecular formula is C20H25ClN2O3S. The van der Waals surface area contributed by atoms with Gasteiger partial charge in [0.2, 0.25) is 0 Å². The molecular weight excluding hydrogens is 384 g/mol. The minimum Gasteiger partial charge on any atom is -0.493 e. The molecule has 0 atom stereocenters. The number of carbonyl (C=O) groups excluding carboxylic acids is 1. The maximum absolute atomic E-state index is 12.5. The van der Waals surface area contributed by atoms with Crippen LogP contribution in [-0.4, -0.2) is 44.2 Å². The Morgan fingerprint density at radius 1 is 1.41 bits per heavy atom. The number of halogens is 1. The van der Waals surface area contributed by atoms with Gasteiger partial charge in [0.1, 0.15) is 0 Å². The van der Waals surface area contributed by atoms with E-state index in [1.54, 1.807) is 19.2 Å². The summed E-state index contributed by atoms with van der Waals surface area (Å²) in [4.78, 5) is 16.4. The summed E-state index contributed by atoms with van der Waals surface area (Å²) in [7, 11) is 1.54. The van der Waals surface area contributed by atoms with Gasteiger partial charge in [-0.3, -0.25) is 9.69 Å². The van der Waals surface area contributed by atoms with E-state index >= 15 is 0 Å². The summed E-state index contributed by atoms with van der Waals surface area (Å²) in [6, 6.07) is 5.49. The highest BCUT2D eigenvalue weighted by molar-refractivity contribution is 7.10. The van der Waals surface area contributed by atoms with Crippen molar-refractivity contribution in [2.45, 2.75) is 26.3 Å². The molecule has 1 aliphatic heterocycles. The lowest BCUT2D eigenvalue weighted by Crippen LogP contribution is -2.37. The smallest absolute Gasteiger partial charge is 0.251 e. The zero-order valence-electron chi connectivity index (χ0n) is 15.7. The molecule has 1 amide bonds. The van der Waals surface area contributed by atoms with Gasteiger partial charge in [-0.15, -0.1) is 11.3 Å². The quantitative estimate of drug-likeness (QED) is 0.717. The third-order valence-corrected chi connectivity index (χ3v) is 5.85. The second-order valence-corrected chi connectivity index (χ2v) is 7.90. The molecule has 2 heterocycles. The van der Waals surface area contributed by atoms with Gasteiger partial charge in [0.05, 0.1) is 18.7 Å². The van der Waals surface area contributed by atoms with E-state index in [1.165, 1.54) is 10.4 Å². The van der Waals surface area contributed by atoms with Crippen molar-refractivity contribution in [1.29, 1.82) is 0 Å². The van der Waals surface area contributed by atoms with Gasteiger partial charge in [0.15, 0.2) is 11.5 Å². The Balaban J connectivity index is 1.55. The van der Waals surface area contributed by atoms with Crippen molar-refractivity contribution < 1.29 is 14.3 Å². The number of benzene rings is 1. The SMILES string of the molecule is CCCOc1c(Cl)cc(C(=O)NCCN2CCc3sccc3C2)cc1OC. The summed E-state index contributed by atoms with van der Waals surface area (Å²) < 4.78 is 11.0. The van der Waals surface area contributed by atoms with E-state index in [4.69, 9.17) is 21.1 Å². The molecule has 1 aromatic carbocycles. The molecule has 0 saturated heterocycles. The van der Waals surface area contributed by atoms with Crippen LogP contribution in [0.5, 0.6) is 11.5 Å². The predicted octanol–water partition coefficient (Wildman–Crippen LogP) is 3.99. The van der Waals surface area contributed by atoms with Crippen LogP contribution < -0.4 is 14.8 Å². The topological polar surface area (TPSA) is 50.8 Å². The number of nitrogens with one attached hydrogen (secondary N) is 1. The zero-order chi connectivity index (χ0) is 19.2. The molecule has 5 nitrogen and oxygen atoms in total. The number of fused-ring (bicyclic) bond motifs is 1. The van der Waals surface area contributed by atoms with Crippen molar-refractivity contribution in [2.75, 3.05) is 33.4 Å². The van der Waals surface area contributed by atoms with Crippen LogP contribution in [0.4, 0.5) is 0 Å². The normalized spacial score (nSPS) is 13.9. The Morgan fingerprint density at radius 2 is 2.26 bits per heavy atom. The number of hydrogen-bond donors (Lipinski definition) is 1. The van der Waals surface area contributed by atoms with Crippen molar-refractivity contribution in [3.63, 3.8) is 0 Å². The first-order chi connectivity index (χ1) is 13.1. The molecule has 3 rings (SSSR count). The maximum Gasteiger partial charge on any atom is 0.251 e. The summed E-state index contributed by atoms with van der Waals surface area (Å²) >= 11 is 8.13. The highest BCUT2D eigenvalue weighted by Gasteiger charge is 2.18. The average Bonchev–Trinajstić information content (AvgIpc) is 3.14. The van der Waals surface area contributed by atoms with Crippen LogP contribution >= 0.6 is 22.9 Å². The zero-order valence-corrected chi connectivity index (χ0v) is 17.3. The summed E-state index contributed by atoms with van der Waals surface area (Å²) in [6.45, 7) is 5.97. The Labute approximate surface area is 169 Å². The number of hydrogen-bond acceptors (Lipinski definition) is 5. The van der Waals surface area contributed by atoms with Gasteiger partial charge in [0.25, 0.3) is 5.91 Å². The number of rotatable bonds is 8. The molecule has 146 valence electrons. The van der Waals surface area contributed by atoms with Crippen molar-refractivity contribution in [1.82, 2.24) is 10.2 Å². The van der Waals surface area contributed by atoms with Crippen LogP contribution in [0.15, 0.2) is 23.6 Å². The first-order valence-electron chi connectivity index (χ1n) is 9.18. The molecule has 7 heteroatoms. The van der Waals surface area contributed by atoms with Crippen LogP contribution in [0.1, 0.15) is 34.1 Å². The second-order valence-electron chi connectivity index (χ2n) is 6.49. The number of amides is 1. The molecule has 27 heavy (non-hydrogen) atoms. The first kappa shape index (κ1) is 20.0. The van der Waals surface area contributed by atoms with E-state index in [2.05, 4.69) is 21.7 Å². The molecule has 0 radical (unpaired) electrons. The summed E-state index contributed by atoms with van der Waals surface area (Å²) in [5.41, 5.74) is 1.89. The van der Waals surface area contributed by atoms with Gasteiger partial charge in [-0.05, 0) is 42.0 Å². The van der Waals surface area contributed by atoms with Gasteiger partial charge in [-0.2, -0.15) is 0 Å². The van der Waals surface area contributed by atoms with Gasteiger partial charge in [0, 0.05) is 36.6 Å². The maximum atomic E-state index is 12.5. The van der Waals surface area contributed by atoms with Crippen LogP contribution in [0, 0.1) is 0 Å². The van der Waals surface area contributed by atoms with E-state index in [9.17, 15) is 4.79 Å². The summed E-state index contributed by atoms with van der Waals surface area (Å²) in [5, 5.41) is 5.51. The summed E-state index contributed by atoms with van der Waals surface area (Å²) in [5.74, 6) is 0.796. The minimum absolute atomic E-state index is 0.162. The molecule has 0 saturated carbocycles. The molecule has 1 N–H and O–H groups in total. The fraction of sp³-hybridized carbons (Fsp3) is 0.450. The molecule has 1 aliphatic rings. The third-order valence-electron chi connectivity index (χ3n) is 4.54. The van der Waals surface area contributed by atoms with E-state index in [0.29, 0.717) is 35.2 Å². The molecule has 1 aromatic heterocycles. The van der Waals surface area contributed by atoms with E-state index in [-0.39, 0.29) is 5.91 Å². The molecule has 2 aromatic rings. The number of ether oxygens (including phenoxy) is 2. The van der Waals surface area contributed by atoms with Gasteiger partial charge >= 0.3 is 0 Å². The third kappa shape index (κ3) is 4.94. The Kier molecular flexibility index (Phi) is 6.99. The monoisotopic (exact) mass is 408 g/mol. The van der Waals surface area contributed by atoms with Crippen LogP contribution in [0.3, 0.4) is 0 Å². The molecule has 0 bridgehead atoms. The van der Waals surface area contributed by atoms with Crippen LogP contribution in [-0.2, 0) is 13.0 Å². The lowest BCUT2D eigenvalue weighted by molar-refractivity contribution is 0.0947. The second kappa shape index (κ2) is 9.44. The van der Waals surface area contributed by atoms with Crippen LogP contribution in [0.25, 0.3) is 0 Å². The Morgan fingerprint density at radius 3 is 3.04 bits per heavy atom. The van der Waals surface area contributed by atoms with Crippen molar-refractivity contribution in [2.24, 2.45) is 0 Å². The average molecular weight is 409 g/mol. The van der Waals surface area contributed by atoms with Gasteiger partial charge in [-0.25, -0.2) is 0 Å². The standard InChI is InChI=1S/C20H25ClN2O3S/c1-3-9-26-19-16(21)11-15(12-17(19)25-2)20(24)22-6-8-23-7-4-18-14(13-23)5-10-27-18/h5,10-12H,3-4,6-9,13H2,1-2H3,(H,22,24). The fourth-order valence-corrected chi connectivity index (χ4v) is 4.28. The number of methoxy groups -OCH3 is 1. The predicted molar refractivity (Wildman–Crippen MR) is 109 cm³/mol. The number of carbonyl (C=O) groups is 1. The van der Waals surface area contributed by atoms with E-state index in [0.717, 1.165) is 32.5 Å². The van der Waals surface area contributed by atoms with Gasteiger partial charge < -0.3 is 14.8 Å². The van der Waals surface area contributed by atoms with Crippen molar-refractivity contribution in [3.8, 4) is 11.5 Å². The lowest BCUT2D eigenvalue weighted by Gasteiger charge is -2.26. The molecule has 0 aliphatic carbocycles. The highest BCUT2D eigenvalue weighted by Crippen LogP contribution is 2.36. The van der Waals surface area contributed by atoms with Crippen molar-refractivity contribution >= 4 is 28.8 Å². The minimum atomic E-state index is -0.162. The molecule has 0 unspecified atom stereocenters.